The molecule has 0 saturated heterocycles. The molecule has 4 aromatic rings. The molecule has 0 fully saturated rings. The number of hydrogen-bond donors (Lipinski definition) is 0. The molecule has 0 saturated carbocycles. The van der Waals surface area contributed by atoms with Crippen molar-refractivity contribution in [3.63, 3.8) is 0 Å². The van der Waals surface area contributed by atoms with Crippen LogP contribution in [-0.4, -0.2) is 12.0 Å². The van der Waals surface area contributed by atoms with Crippen LogP contribution in [0, 0.1) is 10.1 Å². The predicted octanol–water partition coefficient (Wildman–Crippen LogP) is 5.10. The van der Waals surface area contributed by atoms with E-state index in [2.05, 4.69) is 72.8 Å². The average Bonchev–Trinajstić information content (AvgIpc) is 2.84. The minimum absolute atomic E-state index is 0.0723. The molecule has 0 radical (unpaired) electrons. The highest BCUT2D eigenvalue weighted by Gasteiger charge is 2.46. The first kappa shape index (κ1) is 20.8. The molecule has 0 heterocycles. The van der Waals surface area contributed by atoms with Crippen LogP contribution in [0.3, 0.4) is 0 Å². The van der Waals surface area contributed by atoms with Crippen molar-refractivity contribution in [1.29, 1.82) is 0 Å². The number of nitrogens with zero attached hydrogens (tertiary/aromatic N) is 1. The molecule has 31 heavy (non-hydrogen) atoms. The van der Waals surface area contributed by atoms with Gasteiger partial charge in [-0.3, -0.25) is 10.1 Å². The van der Waals surface area contributed by atoms with Crippen molar-refractivity contribution in [2.45, 2.75) is 6.16 Å². The average molecular weight is 428 g/mol. The molecule has 0 amide bonds. The fraction of sp³-hybridized carbons (Fsp3) is 0.0769. The summed E-state index contributed by atoms with van der Waals surface area (Å²) in [5, 5.41) is 15.2. The van der Waals surface area contributed by atoms with Crippen molar-refractivity contribution in [3.8, 4) is 5.75 Å². The minimum Gasteiger partial charge on any atom is -0.496 e. The van der Waals surface area contributed by atoms with Gasteiger partial charge in [-0.05, 0) is 42.5 Å². The van der Waals surface area contributed by atoms with Crippen LogP contribution in [0.5, 0.6) is 5.75 Å². The highest BCUT2D eigenvalue weighted by Crippen LogP contribution is 2.59. The second kappa shape index (κ2) is 9.11. The molecule has 4 nitrogen and oxygen atoms in total. The highest BCUT2D eigenvalue weighted by molar-refractivity contribution is 7.95. The zero-order valence-corrected chi connectivity index (χ0v) is 18.1. The summed E-state index contributed by atoms with van der Waals surface area (Å²) >= 11 is 0. The Hall–Kier alpha value is -3.49. The first-order chi connectivity index (χ1) is 15.1. The molecule has 0 aliphatic heterocycles. The van der Waals surface area contributed by atoms with Crippen LogP contribution >= 0.6 is 7.26 Å². The highest BCUT2D eigenvalue weighted by atomic mass is 31.2. The van der Waals surface area contributed by atoms with Crippen LogP contribution in [0.1, 0.15) is 5.56 Å². The van der Waals surface area contributed by atoms with Crippen molar-refractivity contribution >= 4 is 28.9 Å². The van der Waals surface area contributed by atoms with Crippen LogP contribution < -0.4 is 20.7 Å². The Morgan fingerprint density at radius 1 is 0.742 bits per heavy atom. The second-order valence-corrected chi connectivity index (χ2v) is 10.7. The van der Waals surface area contributed by atoms with Crippen LogP contribution in [-0.2, 0) is 6.16 Å². The fourth-order valence-corrected chi connectivity index (χ4v) is 8.27. The Labute approximate surface area is 182 Å². The molecule has 0 atom stereocenters. The molecule has 0 aliphatic rings. The summed E-state index contributed by atoms with van der Waals surface area (Å²) in [5.41, 5.74) is 0.907. The summed E-state index contributed by atoms with van der Waals surface area (Å²) in [6.07, 6.45) is 0.621. The summed E-state index contributed by atoms with van der Waals surface area (Å²) in [4.78, 5) is 11.2. The Kier molecular flexibility index (Phi) is 6.11. The van der Waals surface area contributed by atoms with Gasteiger partial charge in [0.05, 0.1) is 12.0 Å². The van der Waals surface area contributed by atoms with Crippen LogP contribution in [0.15, 0.2) is 109 Å². The molecule has 0 aromatic heterocycles. The maximum absolute atomic E-state index is 11.5. The van der Waals surface area contributed by atoms with E-state index >= 15 is 0 Å². The standard InChI is InChI=1S/C26H23NO3P/c1-30-26-18-17-22(27(28)29)19-21(26)20-31(23-11-5-2-6-12-23,24-13-7-3-8-14-24)25-15-9-4-10-16-25/h2-19H,20H2,1H3/q+1. The van der Waals surface area contributed by atoms with Crippen molar-refractivity contribution in [2.24, 2.45) is 0 Å². The SMILES string of the molecule is COc1ccc([N+](=O)[O-])cc1C[P+](c1ccccc1)(c1ccccc1)c1ccccc1. The van der Waals surface area contributed by atoms with Crippen LogP contribution in [0.4, 0.5) is 5.69 Å². The van der Waals surface area contributed by atoms with E-state index in [0.29, 0.717) is 11.9 Å². The number of nitro groups is 1. The maximum atomic E-state index is 11.5. The van der Waals surface area contributed by atoms with Gasteiger partial charge in [-0.15, -0.1) is 0 Å². The molecule has 4 rings (SSSR count). The number of ether oxygens (including phenoxy) is 1. The van der Waals surface area contributed by atoms with E-state index in [1.165, 1.54) is 22.0 Å². The van der Waals surface area contributed by atoms with Crippen molar-refractivity contribution in [1.82, 2.24) is 0 Å². The monoisotopic (exact) mass is 428 g/mol. The van der Waals surface area contributed by atoms with Gasteiger partial charge in [0.1, 0.15) is 35.1 Å². The first-order valence-corrected chi connectivity index (χ1v) is 12.0. The normalized spacial score (nSPS) is 11.1. The number of nitro benzene ring substituents is 1. The molecule has 5 heteroatoms. The van der Waals surface area contributed by atoms with Gasteiger partial charge in [0, 0.05) is 17.7 Å². The Bertz CT molecular complexity index is 1070. The molecule has 0 N–H and O–H groups in total. The Morgan fingerprint density at radius 2 is 1.19 bits per heavy atom. The molecule has 0 unspecified atom stereocenters. The smallest absolute Gasteiger partial charge is 0.270 e. The Balaban J connectivity index is 2.02. The summed E-state index contributed by atoms with van der Waals surface area (Å²) in [5.74, 6) is 0.665. The number of benzene rings is 4. The third-order valence-corrected chi connectivity index (χ3v) is 9.83. The molecular formula is C26H23NO3P+. The van der Waals surface area contributed by atoms with Crippen LogP contribution in [0.25, 0.3) is 0 Å². The van der Waals surface area contributed by atoms with Gasteiger partial charge >= 0.3 is 0 Å². The zero-order chi connectivity index (χ0) is 21.7. The number of rotatable bonds is 7. The number of methoxy groups -OCH3 is 1. The summed E-state index contributed by atoms with van der Waals surface area (Å²) in [6.45, 7) is 0. The van der Waals surface area contributed by atoms with Crippen LogP contribution in [0.2, 0.25) is 0 Å². The van der Waals surface area contributed by atoms with Crippen molar-refractivity contribution in [2.75, 3.05) is 7.11 Å². The van der Waals surface area contributed by atoms with E-state index in [1.807, 2.05) is 18.2 Å². The van der Waals surface area contributed by atoms with E-state index in [9.17, 15) is 10.1 Å². The molecule has 0 spiro atoms. The van der Waals surface area contributed by atoms with E-state index < -0.39 is 7.26 Å². The first-order valence-electron chi connectivity index (χ1n) is 10.0. The predicted molar refractivity (Wildman–Crippen MR) is 129 cm³/mol. The Morgan fingerprint density at radius 3 is 1.58 bits per heavy atom. The van der Waals surface area contributed by atoms with Gasteiger partial charge in [0.25, 0.3) is 5.69 Å². The van der Waals surface area contributed by atoms with E-state index in [-0.39, 0.29) is 10.6 Å². The lowest BCUT2D eigenvalue weighted by molar-refractivity contribution is -0.384. The zero-order valence-electron chi connectivity index (χ0n) is 17.2. The quantitative estimate of drug-likeness (QED) is 0.234. The van der Waals surface area contributed by atoms with E-state index in [1.54, 1.807) is 19.2 Å². The topological polar surface area (TPSA) is 52.4 Å². The fourth-order valence-electron chi connectivity index (χ4n) is 4.03. The summed E-state index contributed by atoms with van der Waals surface area (Å²) in [6, 6.07) is 36.2. The third kappa shape index (κ3) is 4.08. The lowest BCUT2D eigenvalue weighted by Crippen LogP contribution is -2.32. The van der Waals surface area contributed by atoms with Gasteiger partial charge in [0.2, 0.25) is 0 Å². The molecule has 0 aliphatic carbocycles. The molecular weight excluding hydrogens is 405 g/mol. The third-order valence-electron chi connectivity index (χ3n) is 5.47. The summed E-state index contributed by atoms with van der Waals surface area (Å²) in [7, 11) is -0.558. The molecule has 4 aromatic carbocycles. The maximum Gasteiger partial charge on any atom is 0.270 e. The largest absolute Gasteiger partial charge is 0.496 e. The minimum atomic E-state index is -2.17. The van der Waals surface area contributed by atoms with Gasteiger partial charge in [-0.1, -0.05) is 54.6 Å². The van der Waals surface area contributed by atoms with E-state index in [0.717, 1.165) is 5.56 Å². The summed E-state index contributed by atoms with van der Waals surface area (Å²) < 4.78 is 5.63. The second-order valence-electron chi connectivity index (χ2n) is 7.23. The van der Waals surface area contributed by atoms with Gasteiger partial charge in [-0.25, -0.2) is 0 Å². The molecule has 0 bridgehead atoms. The molecule has 154 valence electrons. The van der Waals surface area contributed by atoms with Gasteiger partial charge in [-0.2, -0.15) is 0 Å². The lowest BCUT2D eigenvalue weighted by atomic mass is 10.2. The van der Waals surface area contributed by atoms with Gasteiger partial charge in [0.15, 0.2) is 0 Å². The van der Waals surface area contributed by atoms with Gasteiger partial charge < -0.3 is 4.74 Å². The van der Waals surface area contributed by atoms with Crippen molar-refractivity contribution in [3.05, 3.63) is 125 Å². The number of hydrogen-bond acceptors (Lipinski definition) is 3. The van der Waals surface area contributed by atoms with E-state index in [4.69, 9.17) is 4.74 Å². The van der Waals surface area contributed by atoms with Crippen molar-refractivity contribution < 1.29 is 9.66 Å². The lowest BCUT2D eigenvalue weighted by Gasteiger charge is -2.28. The number of non-ortho nitro benzene ring substituents is 1.